The van der Waals surface area contributed by atoms with Gasteiger partial charge in [-0.25, -0.2) is 13.8 Å². The highest BCUT2D eigenvalue weighted by Gasteiger charge is 2.22. The number of hydrogen-bond donors (Lipinski definition) is 3. The topological polar surface area (TPSA) is 94.1 Å². The first-order valence-corrected chi connectivity index (χ1v) is 12.0. The molecule has 2 aromatic carbocycles. The highest BCUT2D eigenvalue weighted by molar-refractivity contribution is 6.34. The molecule has 10 heteroatoms. The Morgan fingerprint density at radius 1 is 1.17 bits per heavy atom. The van der Waals surface area contributed by atoms with Crippen molar-refractivity contribution in [3.05, 3.63) is 87.1 Å². The van der Waals surface area contributed by atoms with Crippen molar-refractivity contribution in [1.29, 1.82) is 0 Å². The number of nitrogens with zero attached hydrogens (tertiary/aromatic N) is 3. The molecule has 186 valence electrons. The number of aromatic nitrogens is 3. The van der Waals surface area contributed by atoms with Crippen molar-refractivity contribution >= 4 is 28.2 Å². The van der Waals surface area contributed by atoms with Gasteiger partial charge in [-0.05, 0) is 42.3 Å². The highest BCUT2D eigenvalue weighted by Crippen LogP contribution is 2.28. The number of pyridine rings is 1. The van der Waals surface area contributed by atoms with Crippen LogP contribution in [0.4, 0.5) is 14.5 Å². The van der Waals surface area contributed by atoms with Gasteiger partial charge in [0.1, 0.15) is 17.5 Å². The van der Waals surface area contributed by atoms with E-state index in [4.69, 9.17) is 16.7 Å². The fourth-order valence-electron chi connectivity index (χ4n) is 4.51. The number of benzene rings is 2. The summed E-state index contributed by atoms with van der Waals surface area (Å²) in [5, 5.41) is 13.4. The van der Waals surface area contributed by atoms with Crippen LogP contribution in [0.1, 0.15) is 17.8 Å². The fourth-order valence-corrected chi connectivity index (χ4v) is 4.73. The number of nitrogens with one attached hydrogen (secondary N) is 2. The number of anilines is 1. The van der Waals surface area contributed by atoms with Crippen LogP contribution in [0.15, 0.2) is 53.5 Å². The van der Waals surface area contributed by atoms with Crippen molar-refractivity contribution in [2.75, 3.05) is 31.6 Å². The Hall–Kier alpha value is -3.40. The minimum absolute atomic E-state index is 0.126. The van der Waals surface area contributed by atoms with Crippen LogP contribution in [0.3, 0.4) is 0 Å². The van der Waals surface area contributed by atoms with E-state index in [0.29, 0.717) is 51.7 Å². The third-order valence-corrected chi connectivity index (χ3v) is 6.56. The first-order valence-electron chi connectivity index (χ1n) is 11.6. The zero-order valence-corrected chi connectivity index (χ0v) is 20.0. The lowest BCUT2D eigenvalue weighted by molar-refractivity contribution is 0.221. The summed E-state index contributed by atoms with van der Waals surface area (Å²) in [4.78, 5) is 26.6. The minimum Gasteiger partial charge on any atom is -0.395 e. The second-order valence-corrected chi connectivity index (χ2v) is 9.31. The van der Waals surface area contributed by atoms with Gasteiger partial charge in [-0.15, -0.1) is 0 Å². The number of fused-ring (bicyclic) bond motifs is 1. The standard InChI is InChI=1S/C26H24ClF2N5O2/c27-21-11-20-23(12-24(21)31-19-3-4-34(14-19)5-6-35)32-25(33-26(20)36)7-15-1-2-22(30-13-15)16-8-17(28)10-18(29)9-16/h1-2,8-13,19,31,35H,3-7,14H2,(H,32,33,36)/t19-/m1/s1. The summed E-state index contributed by atoms with van der Waals surface area (Å²) >= 11 is 6.45. The van der Waals surface area contributed by atoms with E-state index < -0.39 is 11.6 Å². The lowest BCUT2D eigenvalue weighted by Crippen LogP contribution is -2.28. The van der Waals surface area contributed by atoms with Crippen LogP contribution in [0.5, 0.6) is 0 Å². The average molecular weight is 512 g/mol. The number of aromatic amines is 1. The van der Waals surface area contributed by atoms with Crippen molar-refractivity contribution in [1.82, 2.24) is 19.9 Å². The number of hydrogen-bond acceptors (Lipinski definition) is 6. The Labute approximate surface area is 210 Å². The zero-order chi connectivity index (χ0) is 25.2. The lowest BCUT2D eigenvalue weighted by atomic mass is 10.1. The van der Waals surface area contributed by atoms with E-state index >= 15 is 0 Å². The van der Waals surface area contributed by atoms with Crippen molar-refractivity contribution in [2.24, 2.45) is 0 Å². The van der Waals surface area contributed by atoms with Crippen molar-refractivity contribution in [3.8, 4) is 11.3 Å². The van der Waals surface area contributed by atoms with E-state index in [1.165, 1.54) is 12.1 Å². The smallest absolute Gasteiger partial charge is 0.258 e. The quantitative estimate of drug-likeness (QED) is 0.347. The Morgan fingerprint density at radius 3 is 2.69 bits per heavy atom. The molecule has 0 spiro atoms. The fraction of sp³-hybridized carbons (Fsp3) is 0.269. The van der Waals surface area contributed by atoms with E-state index in [-0.39, 0.29) is 18.2 Å². The molecule has 0 saturated carbocycles. The minimum atomic E-state index is -0.668. The molecule has 2 aromatic heterocycles. The van der Waals surface area contributed by atoms with Gasteiger partial charge < -0.3 is 15.4 Å². The van der Waals surface area contributed by atoms with Crippen LogP contribution in [-0.4, -0.2) is 57.2 Å². The number of likely N-dealkylation sites (tertiary alicyclic amines) is 1. The van der Waals surface area contributed by atoms with E-state index in [1.54, 1.807) is 30.5 Å². The molecule has 5 rings (SSSR count). The highest BCUT2D eigenvalue weighted by atomic mass is 35.5. The lowest BCUT2D eigenvalue weighted by Gasteiger charge is -2.17. The summed E-state index contributed by atoms with van der Waals surface area (Å²) in [7, 11) is 0. The van der Waals surface area contributed by atoms with E-state index in [0.717, 1.165) is 31.1 Å². The third kappa shape index (κ3) is 5.38. The molecular formula is C26H24ClF2N5O2. The molecule has 1 atom stereocenters. The van der Waals surface area contributed by atoms with Crippen LogP contribution in [0.2, 0.25) is 5.02 Å². The van der Waals surface area contributed by atoms with Gasteiger partial charge >= 0.3 is 0 Å². The predicted octanol–water partition coefficient (Wildman–Crippen LogP) is 3.99. The van der Waals surface area contributed by atoms with Gasteiger partial charge in [0.25, 0.3) is 5.56 Å². The van der Waals surface area contributed by atoms with Gasteiger partial charge in [-0.3, -0.25) is 14.7 Å². The monoisotopic (exact) mass is 511 g/mol. The Morgan fingerprint density at radius 2 is 1.97 bits per heavy atom. The summed E-state index contributed by atoms with van der Waals surface area (Å²) in [6, 6.07) is 10.3. The van der Waals surface area contributed by atoms with Crippen molar-refractivity contribution in [3.63, 3.8) is 0 Å². The summed E-state index contributed by atoms with van der Waals surface area (Å²) in [5.41, 5.74) is 2.49. The second kappa shape index (κ2) is 10.3. The molecular weight excluding hydrogens is 488 g/mol. The third-order valence-electron chi connectivity index (χ3n) is 6.25. The number of halogens is 3. The van der Waals surface area contributed by atoms with E-state index in [9.17, 15) is 13.6 Å². The number of H-pyrrole nitrogens is 1. The number of rotatable bonds is 7. The molecule has 4 aromatic rings. The van der Waals surface area contributed by atoms with Crippen LogP contribution in [-0.2, 0) is 6.42 Å². The SMILES string of the molecule is O=c1[nH]c(Cc2ccc(-c3cc(F)cc(F)c3)nc2)nc2cc(N[C@@H]3CCN(CCO)C3)c(Cl)cc12. The molecule has 7 nitrogen and oxygen atoms in total. The van der Waals surface area contributed by atoms with Gasteiger partial charge in [0.2, 0.25) is 0 Å². The number of aliphatic hydroxyl groups excluding tert-OH is 1. The van der Waals surface area contributed by atoms with Gasteiger partial charge in [0, 0.05) is 49.9 Å². The first kappa shape index (κ1) is 24.3. The van der Waals surface area contributed by atoms with Crippen molar-refractivity contribution in [2.45, 2.75) is 18.9 Å². The van der Waals surface area contributed by atoms with Crippen LogP contribution in [0, 0.1) is 11.6 Å². The van der Waals surface area contributed by atoms with Gasteiger partial charge in [-0.2, -0.15) is 0 Å². The molecule has 1 saturated heterocycles. The Bertz CT molecular complexity index is 1440. The summed E-state index contributed by atoms with van der Waals surface area (Å²) in [5.74, 6) is -0.876. The maximum atomic E-state index is 13.5. The maximum absolute atomic E-state index is 13.5. The normalized spacial score (nSPS) is 16.1. The summed E-state index contributed by atoms with van der Waals surface area (Å²) in [6.45, 7) is 2.46. The first-order chi connectivity index (χ1) is 17.4. The summed E-state index contributed by atoms with van der Waals surface area (Å²) < 4.78 is 27.1. The van der Waals surface area contributed by atoms with Gasteiger partial charge in [0.05, 0.1) is 33.9 Å². The van der Waals surface area contributed by atoms with Crippen LogP contribution < -0.4 is 10.9 Å². The number of β-amino-alcohol motifs (C(OH)–C–C–N with tert-alkyl or cyclic N) is 1. The van der Waals surface area contributed by atoms with Crippen LogP contribution in [0.25, 0.3) is 22.2 Å². The molecule has 0 unspecified atom stereocenters. The molecule has 0 amide bonds. The van der Waals surface area contributed by atoms with Crippen molar-refractivity contribution < 1.29 is 13.9 Å². The predicted molar refractivity (Wildman–Crippen MR) is 135 cm³/mol. The van der Waals surface area contributed by atoms with E-state index in [2.05, 4.69) is 25.2 Å². The van der Waals surface area contributed by atoms with Gasteiger partial charge in [-0.1, -0.05) is 17.7 Å². The maximum Gasteiger partial charge on any atom is 0.258 e. The van der Waals surface area contributed by atoms with E-state index in [1.807, 2.05) is 0 Å². The summed E-state index contributed by atoms with van der Waals surface area (Å²) in [6.07, 6.45) is 2.84. The molecule has 3 heterocycles. The molecule has 0 bridgehead atoms. The number of aliphatic hydroxyl groups is 1. The second-order valence-electron chi connectivity index (χ2n) is 8.90. The average Bonchev–Trinajstić information content (AvgIpc) is 3.27. The molecule has 0 radical (unpaired) electrons. The zero-order valence-electron chi connectivity index (χ0n) is 19.3. The molecule has 3 N–H and O–H groups in total. The van der Waals surface area contributed by atoms with Gasteiger partial charge in [0.15, 0.2) is 0 Å². The molecule has 36 heavy (non-hydrogen) atoms. The molecule has 0 aliphatic carbocycles. The Balaban J connectivity index is 1.36. The molecule has 1 aliphatic heterocycles. The Kier molecular flexibility index (Phi) is 6.95. The molecule has 1 fully saturated rings. The van der Waals surface area contributed by atoms with Crippen LogP contribution >= 0.6 is 11.6 Å². The largest absolute Gasteiger partial charge is 0.395 e. The molecule has 1 aliphatic rings.